The lowest BCUT2D eigenvalue weighted by atomic mass is 10.2. The minimum Gasteiger partial charge on any atom is -0.493 e. The molecule has 2 N–H and O–H groups in total. The van der Waals surface area contributed by atoms with Crippen molar-refractivity contribution in [2.75, 3.05) is 50.0 Å². The Morgan fingerprint density at radius 1 is 0.812 bits per heavy atom. The van der Waals surface area contributed by atoms with Crippen molar-refractivity contribution < 1.29 is 14.2 Å². The molecule has 0 spiro atoms. The van der Waals surface area contributed by atoms with Gasteiger partial charge in [-0.1, -0.05) is 30.3 Å². The van der Waals surface area contributed by atoms with E-state index < -0.39 is 0 Å². The van der Waals surface area contributed by atoms with Crippen LogP contribution < -0.4 is 29.7 Å². The maximum Gasteiger partial charge on any atom is 0.233 e. The van der Waals surface area contributed by atoms with Crippen LogP contribution in [0.2, 0.25) is 0 Å². The summed E-state index contributed by atoms with van der Waals surface area (Å²) >= 11 is 0. The highest BCUT2D eigenvalue weighted by molar-refractivity contribution is 5.66. The molecule has 32 heavy (non-hydrogen) atoms. The van der Waals surface area contributed by atoms with Crippen LogP contribution in [0.15, 0.2) is 42.5 Å². The van der Waals surface area contributed by atoms with E-state index in [1.165, 1.54) is 0 Å². The number of benzene rings is 2. The van der Waals surface area contributed by atoms with Crippen LogP contribution >= 0.6 is 0 Å². The first-order valence-electron chi connectivity index (χ1n) is 10.5. The number of nitrogens with zero attached hydrogens (tertiary/aromatic N) is 4. The second kappa shape index (κ2) is 11.0. The molecular formula is C23H30N6O3. The average molecular weight is 439 g/mol. The van der Waals surface area contributed by atoms with Crippen molar-refractivity contribution >= 4 is 23.5 Å². The van der Waals surface area contributed by atoms with E-state index in [4.69, 9.17) is 14.2 Å². The average Bonchev–Trinajstić information content (AvgIpc) is 2.83. The van der Waals surface area contributed by atoms with Gasteiger partial charge >= 0.3 is 0 Å². The number of ether oxygens (including phenoxy) is 3. The van der Waals surface area contributed by atoms with E-state index >= 15 is 0 Å². The molecule has 0 aliphatic rings. The van der Waals surface area contributed by atoms with Gasteiger partial charge < -0.3 is 29.7 Å². The number of anilines is 4. The first-order valence-corrected chi connectivity index (χ1v) is 10.5. The Kier molecular flexibility index (Phi) is 7.91. The Labute approximate surface area is 188 Å². The van der Waals surface area contributed by atoms with Crippen LogP contribution in [0, 0.1) is 0 Å². The van der Waals surface area contributed by atoms with Crippen molar-refractivity contribution in [1.29, 1.82) is 0 Å². The summed E-state index contributed by atoms with van der Waals surface area (Å²) in [5, 5.41) is 6.54. The molecule has 9 nitrogen and oxygen atoms in total. The summed E-state index contributed by atoms with van der Waals surface area (Å²) in [4.78, 5) is 15.9. The van der Waals surface area contributed by atoms with Gasteiger partial charge in [0.05, 0.1) is 21.3 Å². The van der Waals surface area contributed by atoms with E-state index in [1.807, 2.05) is 18.2 Å². The molecule has 3 aromatic rings. The predicted octanol–water partition coefficient (Wildman–Crippen LogP) is 4.10. The van der Waals surface area contributed by atoms with E-state index in [0.717, 1.165) is 18.7 Å². The molecule has 170 valence electrons. The molecule has 2 aromatic carbocycles. The highest BCUT2D eigenvalue weighted by Crippen LogP contribution is 2.40. The molecular weight excluding hydrogens is 408 g/mol. The number of aromatic nitrogens is 3. The van der Waals surface area contributed by atoms with E-state index in [-0.39, 0.29) is 0 Å². The van der Waals surface area contributed by atoms with Crippen LogP contribution in [0.25, 0.3) is 0 Å². The Morgan fingerprint density at radius 2 is 1.44 bits per heavy atom. The van der Waals surface area contributed by atoms with Crippen molar-refractivity contribution in [2.45, 2.75) is 20.4 Å². The van der Waals surface area contributed by atoms with Gasteiger partial charge in [-0.3, -0.25) is 0 Å². The Bertz CT molecular complexity index is 987. The summed E-state index contributed by atoms with van der Waals surface area (Å²) in [5.41, 5.74) is 1.83. The molecule has 0 amide bonds. The lowest BCUT2D eigenvalue weighted by Crippen LogP contribution is -2.25. The summed E-state index contributed by atoms with van der Waals surface area (Å²) in [6, 6.07) is 13.7. The third-order valence-corrected chi connectivity index (χ3v) is 4.88. The zero-order valence-corrected chi connectivity index (χ0v) is 19.2. The highest BCUT2D eigenvalue weighted by Gasteiger charge is 2.16. The maximum absolute atomic E-state index is 5.45. The number of nitrogens with one attached hydrogen (secondary N) is 2. The minimum absolute atomic E-state index is 0.409. The van der Waals surface area contributed by atoms with Crippen molar-refractivity contribution in [3.8, 4) is 17.2 Å². The zero-order valence-electron chi connectivity index (χ0n) is 19.2. The van der Waals surface area contributed by atoms with E-state index in [1.54, 1.807) is 33.5 Å². The standard InChI is InChI=1S/C23H30N6O3/c1-6-29(7-2)23-27-21(24-15-16-11-9-8-10-12-16)26-22(28-23)25-17-13-18(30-3)20(32-5)19(14-17)31-4/h8-14H,6-7,15H2,1-5H3,(H2,24,25,26,27,28). The lowest BCUT2D eigenvalue weighted by Gasteiger charge is -2.20. The van der Waals surface area contributed by atoms with Crippen LogP contribution in [-0.4, -0.2) is 49.4 Å². The number of hydrogen-bond donors (Lipinski definition) is 2. The van der Waals surface area contributed by atoms with Gasteiger partial charge in [0.1, 0.15) is 0 Å². The van der Waals surface area contributed by atoms with Gasteiger partial charge in [-0.2, -0.15) is 15.0 Å². The predicted molar refractivity (Wildman–Crippen MR) is 127 cm³/mol. The van der Waals surface area contributed by atoms with Gasteiger partial charge in [-0.25, -0.2) is 0 Å². The largest absolute Gasteiger partial charge is 0.493 e. The Hall–Kier alpha value is -3.75. The topological polar surface area (TPSA) is 93.7 Å². The SMILES string of the molecule is CCN(CC)c1nc(NCc2ccccc2)nc(Nc2cc(OC)c(OC)c(OC)c2)n1. The van der Waals surface area contributed by atoms with Crippen LogP contribution in [0.4, 0.5) is 23.5 Å². The molecule has 0 atom stereocenters. The number of rotatable bonds is 11. The molecule has 0 saturated carbocycles. The van der Waals surface area contributed by atoms with E-state index in [9.17, 15) is 0 Å². The summed E-state index contributed by atoms with van der Waals surface area (Å²) in [6.45, 7) is 6.30. The monoisotopic (exact) mass is 438 g/mol. The Morgan fingerprint density at radius 3 is 2.00 bits per heavy atom. The highest BCUT2D eigenvalue weighted by atomic mass is 16.5. The van der Waals surface area contributed by atoms with Gasteiger partial charge in [0.15, 0.2) is 11.5 Å². The van der Waals surface area contributed by atoms with Crippen molar-refractivity contribution in [3.05, 3.63) is 48.0 Å². The van der Waals surface area contributed by atoms with Crippen LogP contribution in [0.3, 0.4) is 0 Å². The lowest BCUT2D eigenvalue weighted by molar-refractivity contribution is 0.324. The fourth-order valence-electron chi connectivity index (χ4n) is 3.21. The molecule has 1 aromatic heterocycles. The van der Waals surface area contributed by atoms with Gasteiger partial charge in [0.2, 0.25) is 23.6 Å². The van der Waals surface area contributed by atoms with Crippen LogP contribution in [0.1, 0.15) is 19.4 Å². The van der Waals surface area contributed by atoms with E-state index in [2.05, 4.69) is 56.5 Å². The second-order valence-electron chi connectivity index (χ2n) is 6.83. The van der Waals surface area contributed by atoms with Gasteiger partial charge in [-0.15, -0.1) is 0 Å². The summed E-state index contributed by atoms with van der Waals surface area (Å²) < 4.78 is 16.3. The smallest absolute Gasteiger partial charge is 0.233 e. The fourth-order valence-corrected chi connectivity index (χ4v) is 3.21. The molecule has 0 saturated heterocycles. The van der Waals surface area contributed by atoms with Crippen LogP contribution in [-0.2, 0) is 6.54 Å². The number of hydrogen-bond acceptors (Lipinski definition) is 9. The summed E-state index contributed by atoms with van der Waals surface area (Å²) in [7, 11) is 4.72. The van der Waals surface area contributed by atoms with Gasteiger partial charge in [0.25, 0.3) is 0 Å². The molecule has 0 aliphatic carbocycles. The third kappa shape index (κ3) is 5.48. The second-order valence-corrected chi connectivity index (χ2v) is 6.83. The van der Waals surface area contributed by atoms with Gasteiger partial charge in [0, 0.05) is 37.5 Å². The maximum atomic E-state index is 5.45. The Balaban J connectivity index is 1.93. The molecule has 0 fully saturated rings. The van der Waals surface area contributed by atoms with Crippen LogP contribution in [0.5, 0.6) is 17.2 Å². The molecule has 0 bridgehead atoms. The molecule has 0 unspecified atom stereocenters. The normalized spacial score (nSPS) is 10.4. The molecule has 0 radical (unpaired) electrons. The molecule has 1 heterocycles. The number of methoxy groups -OCH3 is 3. The zero-order chi connectivity index (χ0) is 22.9. The third-order valence-electron chi connectivity index (χ3n) is 4.88. The summed E-state index contributed by atoms with van der Waals surface area (Å²) in [6.07, 6.45) is 0. The van der Waals surface area contributed by atoms with Crippen molar-refractivity contribution in [1.82, 2.24) is 15.0 Å². The summed E-state index contributed by atoms with van der Waals surface area (Å²) in [5.74, 6) is 3.08. The van der Waals surface area contributed by atoms with Crippen molar-refractivity contribution in [3.63, 3.8) is 0 Å². The molecule has 0 aliphatic heterocycles. The van der Waals surface area contributed by atoms with Gasteiger partial charge in [-0.05, 0) is 19.4 Å². The van der Waals surface area contributed by atoms with E-state index in [0.29, 0.717) is 47.3 Å². The van der Waals surface area contributed by atoms with Crippen molar-refractivity contribution in [2.24, 2.45) is 0 Å². The minimum atomic E-state index is 0.409. The quantitative estimate of drug-likeness (QED) is 0.459. The molecule has 3 rings (SSSR count). The fraction of sp³-hybridized carbons (Fsp3) is 0.348. The first kappa shape index (κ1) is 22.9. The molecule has 9 heteroatoms. The first-order chi connectivity index (χ1) is 15.6.